The minimum atomic E-state index is -1.37. The van der Waals surface area contributed by atoms with Crippen LogP contribution in [0.1, 0.15) is 35.4 Å². The molecule has 3 aromatic carbocycles. The number of benzene rings is 3. The largest absolute Gasteiger partial charge is 0.497 e. The number of hydrogen-bond acceptors (Lipinski definition) is 9. The van der Waals surface area contributed by atoms with Crippen LogP contribution in [-0.4, -0.2) is 59.8 Å². The Morgan fingerprint density at radius 2 is 1.45 bits per heavy atom. The molecule has 5 rings (SSSR count). The van der Waals surface area contributed by atoms with Crippen molar-refractivity contribution in [2.45, 2.75) is 44.0 Å². The van der Waals surface area contributed by atoms with Gasteiger partial charge in [-0.1, -0.05) is 54.6 Å². The van der Waals surface area contributed by atoms with Crippen molar-refractivity contribution in [3.63, 3.8) is 0 Å². The molecule has 0 radical (unpaired) electrons. The monoisotopic (exact) mass is 602 g/mol. The zero-order chi connectivity index (χ0) is 31.4. The summed E-state index contributed by atoms with van der Waals surface area (Å²) in [4.78, 5) is 39.0. The number of aliphatic hydroxyl groups excluding tert-OH is 1. The lowest BCUT2D eigenvalue weighted by molar-refractivity contribution is -0.156. The van der Waals surface area contributed by atoms with E-state index in [1.807, 2.05) is 78.9 Å². The Kier molecular flexibility index (Phi) is 9.00. The van der Waals surface area contributed by atoms with Crippen molar-refractivity contribution in [2.24, 2.45) is 0 Å². The lowest BCUT2D eigenvalue weighted by atomic mass is 9.80. The van der Waals surface area contributed by atoms with E-state index in [1.165, 1.54) is 20.0 Å². The van der Waals surface area contributed by atoms with Gasteiger partial charge < -0.3 is 28.8 Å². The van der Waals surface area contributed by atoms with Gasteiger partial charge in [-0.05, 0) is 47.9 Å². The van der Waals surface area contributed by atoms with Gasteiger partial charge in [0.15, 0.2) is 12.3 Å². The van der Waals surface area contributed by atoms with Gasteiger partial charge in [0.05, 0.1) is 20.8 Å². The van der Waals surface area contributed by atoms with E-state index in [9.17, 15) is 19.5 Å². The number of aromatic nitrogens is 2. The molecule has 230 valence electrons. The van der Waals surface area contributed by atoms with Crippen molar-refractivity contribution in [2.75, 3.05) is 20.8 Å². The van der Waals surface area contributed by atoms with Gasteiger partial charge in [0.25, 0.3) is 5.56 Å². The van der Waals surface area contributed by atoms with Gasteiger partial charge in [-0.25, -0.2) is 4.79 Å². The normalized spacial score (nSPS) is 19.8. The first-order valence-corrected chi connectivity index (χ1v) is 14.0. The maximum atomic E-state index is 12.8. The second-order valence-electron chi connectivity index (χ2n) is 10.4. The molecule has 0 bridgehead atoms. The molecule has 0 aliphatic carbocycles. The summed E-state index contributed by atoms with van der Waals surface area (Å²) in [5.41, 5.74) is 0.0374. The molecule has 4 atom stereocenters. The molecule has 0 saturated carbocycles. The minimum absolute atomic E-state index is 0.181. The van der Waals surface area contributed by atoms with Crippen molar-refractivity contribution in [1.29, 1.82) is 0 Å². The lowest BCUT2D eigenvalue weighted by Gasteiger charge is -2.37. The van der Waals surface area contributed by atoms with Crippen LogP contribution in [0.25, 0.3) is 0 Å². The van der Waals surface area contributed by atoms with Crippen LogP contribution in [0.2, 0.25) is 0 Å². The standard InChI is InChI=1S/C33H34N2O9/c1-20-18-35(32(39)34-30(20)38)31-29(43-21(2)36)28(37)27(44-31)19-42-33(22-8-6-5-7-9-22,23-10-14-25(40-3)15-11-23)24-12-16-26(41-4)17-13-24/h5-18,27-29,31,37H,19H2,1-4H3,(H,34,38,39)/t27-,28+,29-,31-/m1/s1. The highest BCUT2D eigenvalue weighted by molar-refractivity contribution is 5.66. The second-order valence-corrected chi connectivity index (χ2v) is 10.4. The number of esters is 1. The maximum Gasteiger partial charge on any atom is 0.330 e. The predicted molar refractivity (Wildman–Crippen MR) is 160 cm³/mol. The molecule has 0 unspecified atom stereocenters. The fourth-order valence-electron chi connectivity index (χ4n) is 5.46. The highest BCUT2D eigenvalue weighted by Gasteiger charge is 2.49. The fraction of sp³-hybridized carbons (Fsp3) is 0.303. The van der Waals surface area contributed by atoms with Crippen LogP contribution in [0.5, 0.6) is 11.5 Å². The van der Waals surface area contributed by atoms with Gasteiger partial charge in [0.2, 0.25) is 0 Å². The van der Waals surface area contributed by atoms with Crippen molar-refractivity contribution in [1.82, 2.24) is 9.55 Å². The topological polar surface area (TPSA) is 138 Å². The molecule has 1 aliphatic heterocycles. The number of ether oxygens (including phenoxy) is 5. The molecule has 11 heteroatoms. The smallest absolute Gasteiger partial charge is 0.330 e. The van der Waals surface area contributed by atoms with Crippen LogP contribution in [-0.2, 0) is 24.6 Å². The molecule has 11 nitrogen and oxygen atoms in total. The van der Waals surface area contributed by atoms with Gasteiger partial charge in [-0.2, -0.15) is 0 Å². The molecule has 0 spiro atoms. The zero-order valence-corrected chi connectivity index (χ0v) is 24.8. The van der Waals surface area contributed by atoms with E-state index < -0.39 is 47.4 Å². The quantitative estimate of drug-likeness (QED) is 0.207. The molecule has 1 aromatic heterocycles. The predicted octanol–water partition coefficient (Wildman–Crippen LogP) is 3.06. The van der Waals surface area contributed by atoms with Crippen LogP contribution >= 0.6 is 0 Å². The van der Waals surface area contributed by atoms with E-state index in [4.69, 9.17) is 23.7 Å². The molecule has 1 fully saturated rings. The molecule has 4 aromatic rings. The summed E-state index contributed by atoms with van der Waals surface area (Å²) in [7, 11) is 3.17. The number of hydrogen-bond donors (Lipinski definition) is 2. The molecule has 1 saturated heterocycles. The number of carbonyl (C=O) groups is 1. The van der Waals surface area contributed by atoms with E-state index in [-0.39, 0.29) is 12.2 Å². The third kappa shape index (κ3) is 5.89. The first-order chi connectivity index (χ1) is 21.2. The summed E-state index contributed by atoms with van der Waals surface area (Å²) in [6.07, 6.45) is -3.58. The SMILES string of the molecule is COc1ccc(C(OC[C@H]2O[C@@H](n3cc(C)c(=O)[nH]c3=O)[C@H](OC(C)=O)[C@H]2O)(c2ccccc2)c2ccc(OC)cc2)cc1. The molecular weight excluding hydrogens is 568 g/mol. The van der Waals surface area contributed by atoms with E-state index in [1.54, 1.807) is 14.2 Å². The number of aromatic amines is 1. The Labute approximate surface area is 253 Å². The number of methoxy groups -OCH3 is 2. The first-order valence-electron chi connectivity index (χ1n) is 14.0. The Hall–Kier alpha value is -4.71. The highest BCUT2D eigenvalue weighted by Crippen LogP contribution is 2.43. The van der Waals surface area contributed by atoms with Crippen LogP contribution in [0, 0.1) is 6.92 Å². The zero-order valence-electron chi connectivity index (χ0n) is 24.8. The summed E-state index contributed by atoms with van der Waals surface area (Å²) in [6.45, 7) is 2.54. The van der Waals surface area contributed by atoms with Crippen LogP contribution in [0.3, 0.4) is 0 Å². The Morgan fingerprint density at radius 1 is 0.909 bits per heavy atom. The fourth-order valence-corrected chi connectivity index (χ4v) is 5.46. The van der Waals surface area contributed by atoms with Gasteiger partial charge in [0.1, 0.15) is 29.3 Å². The minimum Gasteiger partial charge on any atom is -0.497 e. The van der Waals surface area contributed by atoms with Crippen LogP contribution < -0.4 is 20.7 Å². The second kappa shape index (κ2) is 12.9. The van der Waals surface area contributed by atoms with Crippen LogP contribution in [0.15, 0.2) is 94.6 Å². The first kappa shape index (κ1) is 30.7. The number of carbonyl (C=O) groups excluding carboxylic acids is 1. The molecular formula is C33H34N2O9. The molecule has 0 amide bonds. The molecule has 2 N–H and O–H groups in total. The summed E-state index contributed by atoms with van der Waals surface area (Å²) >= 11 is 0. The molecule has 44 heavy (non-hydrogen) atoms. The van der Waals surface area contributed by atoms with E-state index in [0.29, 0.717) is 11.5 Å². The third-order valence-corrected chi connectivity index (χ3v) is 7.67. The van der Waals surface area contributed by atoms with Crippen LogP contribution in [0.4, 0.5) is 0 Å². The number of aryl methyl sites for hydroxylation is 1. The van der Waals surface area contributed by atoms with E-state index >= 15 is 0 Å². The Balaban J connectivity index is 1.59. The average Bonchev–Trinajstić information content (AvgIpc) is 3.34. The Bertz CT molecular complexity index is 1650. The van der Waals surface area contributed by atoms with Gasteiger partial charge >= 0.3 is 11.7 Å². The average molecular weight is 603 g/mol. The van der Waals surface area contributed by atoms with Crippen molar-refractivity contribution >= 4 is 5.97 Å². The van der Waals surface area contributed by atoms with Gasteiger partial charge in [0, 0.05) is 18.7 Å². The summed E-state index contributed by atoms with van der Waals surface area (Å²) < 4.78 is 30.4. The van der Waals surface area contributed by atoms with Gasteiger partial charge in [-0.15, -0.1) is 0 Å². The number of nitrogens with one attached hydrogen (secondary N) is 1. The van der Waals surface area contributed by atoms with E-state index in [2.05, 4.69) is 4.98 Å². The lowest BCUT2D eigenvalue weighted by Crippen LogP contribution is -2.41. The number of nitrogens with zero attached hydrogens (tertiary/aromatic N) is 1. The summed E-state index contributed by atoms with van der Waals surface area (Å²) in [5, 5.41) is 11.4. The van der Waals surface area contributed by atoms with Crippen molar-refractivity contribution in [3.8, 4) is 11.5 Å². The summed E-state index contributed by atoms with van der Waals surface area (Å²) in [6, 6.07) is 24.5. The number of H-pyrrole nitrogens is 1. The Morgan fingerprint density at radius 3 is 1.98 bits per heavy atom. The highest BCUT2D eigenvalue weighted by atomic mass is 16.6. The molecule has 2 heterocycles. The van der Waals surface area contributed by atoms with Crippen molar-refractivity contribution in [3.05, 3.63) is 128 Å². The van der Waals surface area contributed by atoms with E-state index in [0.717, 1.165) is 21.3 Å². The van der Waals surface area contributed by atoms with Crippen molar-refractivity contribution < 1.29 is 33.6 Å². The summed E-state index contributed by atoms with van der Waals surface area (Å²) in [5.74, 6) is 0.649. The maximum absolute atomic E-state index is 12.8. The number of aliphatic hydroxyl groups is 1. The number of rotatable bonds is 10. The third-order valence-electron chi connectivity index (χ3n) is 7.67. The molecule has 1 aliphatic rings. The van der Waals surface area contributed by atoms with Gasteiger partial charge in [-0.3, -0.25) is 19.1 Å².